The Hall–Kier alpha value is -1.04. The molecule has 2 aromatic rings. The Morgan fingerprint density at radius 2 is 0.846 bits per heavy atom. The minimum atomic E-state index is -1.61. The lowest BCUT2D eigenvalue weighted by Gasteiger charge is -2.32. The van der Waals surface area contributed by atoms with Crippen molar-refractivity contribution in [2.45, 2.75) is 140 Å². The Labute approximate surface area is 250 Å². The summed E-state index contributed by atoms with van der Waals surface area (Å²) >= 11 is 4.10. The number of aromatic hydroxyl groups is 2. The van der Waals surface area contributed by atoms with Crippen LogP contribution in [0.3, 0.4) is 0 Å². The molecule has 2 N–H and O–H groups in total. The van der Waals surface area contributed by atoms with Crippen LogP contribution < -0.4 is 0 Å². The lowest BCUT2D eigenvalue weighted by atomic mass is 9.94. The number of hydrogen-bond donors (Lipinski definition) is 2. The van der Waals surface area contributed by atoms with Gasteiger partial charge in [-0.3, -0.25) is 0 Å². The van der Waals surface area contributed by atoms with Crippen LogP contribution in [0.4, 0.5) is 0 Å². The highest BCUT2D eigenvalue weighted by atomic mass is 32.2. The largest absolute Gasteiger partial charge is 0.507 e. The second kappa shape index (κ2) is 15.8. The minimum absolute atomic E-state index is 0.306. The molecule has 0 amide bonds. The Morgan fingerprint density at radius 1 is 0.564 bits per heavy atom. The van der Waals surface area contributed by atoms with Crippen LogP contribution in [0, 0.1) is 0 Å². The summed E-state index contributed by atoms with van der Waals surface area (Å²) in [5.41, 5.74) is 4.33. The molecule has 0 aliphatic heterocycles. The molecule has 5 heteroatoms. The van der Waals surface area contributed by atoms with E-state index in [1.165, 1.54) is 58.3 Å². The van der Waals surface area contributed by atoms with Crippen LogP contribution in [0.1, 0.15) is 141 Å². The zero-order valence-electron chi connectivity index (χ0n) is 26.5. The fraction of sp³-hybridized carbons (Fsp3) is 0.647. The van der Waals surface area contributed by atoms with E-state index in [4.69, 9.17) is 0 Å². The highest BCUT2D eigenvalue weighted by Gasteiger charge is 2.33. The van der Waals surface area contributed by atoms with Crippen LogP contribution in [-0.4, -0.2) is 29.0 Å². The van der Waals surface area contributed by atoms with Crippen molar-refractivity contribution in [1.82, 2.24) is 0 Å². The van der Waals surface area contributed by atoms with Crippen molar-refractivity contribution in [1.29, 1.82) is 0 Å². The molecule has 2 rings (SSSR count). The van der Waals surface area contributed by atoms with Crippen LogP contribution >= 0.6 is 23.5 Å². The summed E-state index contributed by atoms with van der Waals surface area (Å²) in [6.07, 6.45) is 5.12. The van der Waals surface area contributed by atoms with Crippen molar-refractivity contribution in [3.63, 3.8) is 0 Å². The van der Waals surface area contributed by atoms with Crippen molar-refractivity contribution in [3.8, 4) is 11.5 Å². The number of phenolic OH excluding ortho intramolecular Hbond substituents is 2. The summed E-state index contributed by atoms with van der Waals surface area (Å²) in [5.74, 6) is 2.21. The average molecular weight is 589 g/mol. The van der Waals surface area contributed by atoms with E-state index in [0.29, 0.717) is 35.2 Å². The van der Waals surface area contributed by atoms with Crippen molar-refractivity contribution in [2.24, 2.45) is 0 Å². The molecule has 0 saturated carbocycles. The second-order valence-corrected chi connectivity index (χ2v) is 20.6. The van der Waals surface area contributed by atoms with Gasteiger partial charge in [0, 0.05) is 9.79 Å². The summed E-state index contributed by atoms with van der Waals surface area (Å²) in [7, 11) is -1.61. The molecule has 0 aliphatic carbocycles. The molecular formula is C34H56O2S2Si. The van der Waals surface area contributed by atoms with Gasteiger partial charge in [0.15, 0.2) is 0 Å². The zero-order valence-corrected chi connectivity index (χ0v) is 29.1. The van der Waals surface area contributed by atoms with Crippen LogP contribution in [-0.2, 0) is 0 Å². The summed E-state index contributed by atoms with van der Waals surface area (Å²) in [5, 5.41) is 24.3. The standard InChI is InChI=1S/C34H56O2S2Si/c1-11-13-15-39(16-14-12-2,21-37-27-17-29(23(3)4)33(35)30(18-27)24(5)6)22-38-28-19-31(25(7)8)34(36)32(20-28)26(9)10/h17-20,23-26,35-36H,11-16,21-22H2,1-10H3. The van der Waals surface area contributed by atoms with Crippen molar-refractivity contribution >= 4 is 31.6 Å². The molecule has 0 heterocycles. The van der Waals surface area contributed by atoms with Crippen molar-refractivity contribution in [3.05, 3.63) is 46.5 Å². The van der Waals surface area contributed by atoms with E-state index < -0.39 is 8.07 Å². The summed E-state index contributed by atoms with van der Waals surface area (Å²) in [6, 6.07) is 11.8. The van der Waals surface area contributed by atoms with Gasteiger partial charge in [-0.15, -0.1) is 23.5 Å². The molecule has 39 heavy (non-hydrogen) atoms. The predicted molar refractivity (Wildman–Crippen MR) is 179 cm³/mol. The molecule has 0 unspecified atom stereocenters. The number of hydrogen-bond acceptors (Lipinski definition) is 4. The molecule has 0 radical (unpaired) electrons. The number of benzene rings is 2. The quantitative estimate of drug-likeness (QED) is 0.151. The van der Waals surface area contributed by atoms with Crippen LogP contribution in [0.5, 0.6) is 11.5 Å². The third-order valence-corrected chi connectivity index (χ3v) is 18.0. The number of rotatable bonds is 16. The lowest BCUT2D eigenvalue weighted by molar-refractivity contribution is 0.453. The van der Waals surface area contributed by atoms with Gasteiger partial charge in [0.25, 0.3) is 0 Å². The van der Waals surface area contributed by atoms with Crippen molar-refractivity contribution in [2.75, 3.05) is 10.8 Å². The fourth-order valence-electron chi connectivity index (χ4n) is 5.26. The van der Waals surface area contributed by atoms with E-state index in [2.05, 4.69) is 117 Å². The SMILES string of the molecule is CCCC[Si](CCCC)(CSc1cc(C(C)C)c(O)c(C(C)C)c1)CSc1cc(C(C)C)c(O)c(C(C)C)c1. The summed E-state index contributed by atoms with van der Waals surface area (Å²) in [6.45, 7) is 22.1. The van der Waals surface area contributed by atoms with Gasteiger partial charge >= 0.3 is 0 Å². The third kappa shape index (κ3) is 9.50. The van der Waals surface area contributed by atoms with Gasteiger partial charge in [-0.2, -0.15) is 0 Å². The van der Waals surface area contributed by atoms with Gasteiger partial charge in [-0.1, -0.05) is 107 Å². The Kier molecular flexibility index (Phi) is 13.9. The Morgan fingerprint density at radius 3 is 1.08 bits per heavy atom. The smallest absolute Gasteiger partial charge is 0.122 e. The molecule has 0 fully saturated rings. The topological polar surface area (TPSA) is 40.5 Å². The molecule has 2 aromatic carbocycles. The first kappa shape index (κ1) is 34.2. The molecular weight excluding hydrogens is 533 g/mol. The number of unbranched alkanes of at least 4 members (excludes halogenated alkanes) is 2. The minimum Gasteiger partial charge on any atom is -0.507 e. The molecule has 0 aromatic heterocycles. The zero-order chi connectivity index (χ0) is 29.3. The number of phenols is 2. The summed E-state index contributed by atoms with van der Waals surface area (Å²) < 4.78 is 0. The Balaban J connectivity index is 2.43. The van der Waals surface area contributed by atoms with Crippen LogP contribution in [0.2, 0.25) is 12.1 Å². The summed E-state index contributed by atoms with van der Waals surface area (Å²) in [4.78, 5) is 2.65. The maximum absolute atomic E-state index is 10.9. The first-order valence-corrected chi connectivity index (χ1v) is 20.1. The highest BCUT2D eigenvalue weighted by Crippen LogP contribution is 2.42. The van der Waals surface area contributed by atoms with Gasteiger partial charge in [0.2, 0.25) is 0 Å². The monoisotopic (exact) mass is 588 g/mol. The maximum Gasteiger partial charge on any atom is 0.122 e. The van der Waals surface area contributed by atoms with E-state index in [9.17, 15) is 10.2 Å². The van der Waals surface area contributed by atoms with Crippen LogP contribution in [0.15, 0.2) is 34.1 Å². The Bertz CT molecular complexity index is 904. The lowest BCUT2D eigenvalue weighted by Crippen LogP contribution is -2.41. The van der Waals surface area contributed by atoms with E-state index in [1.807, 2.05) is 0 Å². The molecule has 0 spiro atoms. The molecule has 0 bridgehead atoms. The first-order chi connectivity index (χ1) is 18.4. The maximum atomic E-state index is 10.9. The van der Waals surface area contributed by atoms with Crippen LogP contribution in [0.25, 0.3) is 0 Å². The third-order valence-electron chi connectivity index (χ3n) is 7.98. The van der Waals surface area contributed by atoms with Gasteiger partial charge in [-0.05, 0) is 80.9 Å². The van der Waals surface area contributed by atoms with Gasteiger partial charge in [0.1, 0.15) is 11.5 Å². The van der Waals surface area contributed by atoms with E-state index in [-0.39, 0.29) is 0 Å². The van der Waals surface area contributed by atoms with Gasteiger partial charge in [-0.25, -0.2) is 0 Å². The fourth-order valence-corrected chi connectivity index (χ4v) is 15.7. The molecule has 0 saturated heterocycles. The van der Waals surface area contributed by atoms with E-state index in [0.717, 1.165) is 22.3 Å². The van der Waals surface area contributed by atoms with Crippen molar-refractivity contribution < 1.29 is 10.2 Å². The van der Waals surface area contributed by atoms with E-state index in [1.54, 1.807) is 0 Å². The average Bonchev–Trinajstić information content (AvgIpc) is 2.88. The molecule has 2 nitrogen and oxygen atoms in total. The first-order valence-electron chi connectivity index (χ1n) is 15.3. The molecule has 0 atom stereocenters. The second-order valence-electron chi connectivity index (χ2n) is 12.8. The highest BCUT2D eigenvalue weighted by molar-refractivity contribution is 8.03. The normalized spacial score (nSPS) is 12.5. The molecule has 220 valence electrons. The predicted octanol–water partition coefficient (Wildman–Crippen LogP) is 11.6. The van der Waals surface area contributed by atoms with Gasteiger partial charge < -0.3 is 10.2 Å². The van der Waals surface area contributed by atoms with E-state index >= 15 is 0 Å². The van der Waals surface area contributed by atoms with Gasteiger partial charge in [0.05, 0.1) is 8.07 Å². The number of thioether (sulfide) groups is 2. The molecule has 0 aliphatic rings.